The van der Waals surface area contributed by atoms with Crippen molar-refractivity contribution >= 4 is 29.3 Å². The number of nitrogens with two attached hydrogens (primary N) is 1. The van der Waals surface area contributed by atoms with Gasteiger partial charge >= 0.3 is 0 Å². The lowest BCUT2D eigenvalue weighted by Gasteiger charge is -2.27. The Morgan fingerprint density at radius 1 is 1.05 bits per heavy atom. The summed E-state index contributed by atoms with van der Waals surface area (Å²) in [6.45, 7) is 2.11. The third kappa shape index (κ3) is 4.10. The maximum atomic E-state index is 6.54. The van der Waals surface area contributed by atoms with E-state index >= 15 is 0 Å². The largest absolute Gasteiger partial charge is 0.321 e. The van der Waals surface area contributed by atoms with Gasteiger partial charge in [0.1, 0.15) is 0 Å². The predicted molar refractivity (Wildman–Crippen MR) is 92.7 cm³/mol. The van der Waals surface area contributed by atoms with Gasteiger partial charge in [-0.3, -0.25) is 0 Å². The van der Waals surface area contributed by atoms with E-state index in [2.05, 4.69) is 25.1 Å². The molecule has 0 aliphatic carbocycles. The molecule has 2 N–H and O–H groups in total. The first-order valence-electron chi connectivity index (χ1n) is 7.01. The summed E-state index contributed by atoms with van der Waals surface area (Å²) in [7, 11) is 0. The standard InChI is InChI=1S/C18H19Cl2N/c1-2-18(21,15-8-4-3-5-9-15)12-6-7-14-10-11-16(19)17(20)13-14/h3-11,13H,2,12,21H2,1H3. The summed E-state index contributed by atoms with van der Waals surface area (Å²) in [4.78, 5) is 0. The highest BCUT2D eigenvalue weighted by Gasteiger charge is 2.23. The fraction of sp³-hybridized carbons (Fsp3) is 0.222. The van der Waals surface area contributed by atoms with Gasteiger partial charge < -0.3 is 5.73 Å². The smallest absolute Gasteiger partial charge is 0.0598 e. The molecule has 0 radical (unpaired) electrons. The van der Waals surface area contributed by atoms with Gasteiger partial charge in [-0.25, -0.2) is 0 Å². The summed E-state index contributed by atoms with van der Waals surface area (Å²) in [5.41, 5.74) is 8.38. The molecular weight excluding hydrogens is 301 g/mol. The van der Waals surface area contributed by atoms with Gasteiger partial charge in [0.2, 0.25) is 0 Å². The lowest BCUT2D eigenvalue weighted by atomic mass is 9.85. The van der Waals surface area contributed by atoms with E-state index in [1.807, 2.05) is 36.4 Å². The lowest BCUT2D eigenvalue weighted by Crippen LogP contribution is -2.35. The molecule has 0 aromatic heterocycles. The molecule has 1 nitrogen and oxygen atoms in total. The maximum Gasteiger partial charge on any atom is 0.0598 e. The molecular formula is C18H19Cl2N. The number of hydrogen-bond donors (Lipinski definition) is 1. The van der Waals surface area contributed by atoms with Crippen LogP contribution in [0.5, 0.6) is 0 Å². The molecule has 21 heavy (non-hydrogen) atoms. The molecule has 2 aromatic rings. The lowest BCUT2D eigenvalue weighted by molar-refractivity contribution is 0.434. The Morgan fingerprint density at radius 3 is 2.38 bits per heavy atom. The van der Waals surface area contributed by atoms with Crippen LogP contribution in [0, 0.1) is 0 Å². The van der Waals surface area contributed by atoms with Crippen LogP contribution in [0.2, 0.25) is 10.0 Å². The van der Waals surface area contributed by atoms with E-state index < -0.39 is 0 Å². The topological polar surface area (TPSA) is 26.0 Å². The van der Waals surface area contributed by atoms with E-state index in [0.717, 1.165) is 24.0 Å². The summed E-state index contributed by atoms with van der Waals surface area (Å²) in [5.74, 6) is 0. The van der Waals surface area contributed by atoms with Crippen molar-refractivity contribution in [2.24, 2.45) is 5.73 Å². The second kappa shape index (κ2) is 7.13. The Kier molecular flexibility index (Phi) is 5.46. The second-order valence-electron chi connectivity index (χ2n) is 5.16. The molecule has 2 rings (SSSR count). The van der Waals surface area contributed by atoms with Crippen LogP contribution in [0.3, 0.4) is 0 Å². The van der Waals surface area contributed by atoms with Crippen molar-refractivity contribution in [2.45, 2.75) is 25.3 Å². The Hall–Kier alpha value is -1.28. The molecule has 1 atom stereocenters. The third-order valence-electron chi connectivity index (χ3n) is 3.72. The fourth-order valence-electron chi connectivity index (χ4n) is 2.26. The summed E-state index contributed by atoms with van der Waals surface area (Å²) in [5, 5.41) is 1.14. The van der Waals surface area contributed by atoms with Crippen LogP contribution in [0.15, 0.2) is 54.6 Å². The Morgan fingerprint density at radius 2 is 1.76 bits per heavy atom. The van der Waals surface area contributed by atoms with Gasteiger partial charge in [0.15, 0.2) is 0 Å². The van der Waals surface area contributed by atoms with Crippen LogP contribution >= 0.6 is 23.2 Å². The van der Waals surface area contributed by atoms with E-state index in [4.69, 9.17) is 28.9 Å². The quantitative estimate of drug-likeness (QED) is 0.755. The van der Waals surface area contributed by atoms with Crippen LogP contribution in [-0.2, 0) is 5.54 Å². The van der Waals surface area contributed by atoms with E-state index in [9.17, 15) is 0 Å². The molecule has 0 fully saturated rings. The molecule has 0 bridgehead atoms. The van der Waals surface area contributed by atoms with Crippen LogP contribution in [0.25, 0.3) is 6.08 Å². The van der Waals surface area contributed by atoms with Crippen LogP contribution in [0.1, 0.15) is 30.9 Å². The molecule has 0 amide bonds. The molecule has 1 unspecified atom stereocenters. The molecule has 2 aromatic carbocycles. The second-order valence-corrected chi connectivity index (χ2v) is 5.97. The predicted octanol–water partition coefficient (Wildman–Crippen LogP) is 5.66. The minimum atomic E-state index is -0.339. The molecule has 3 heteroatoms. The van der Waals surface area contributed by atoms with Crippen molar-refractivity contribution in [1.29, 1.82) is 0 Å². The van der Waals surface area contributed by atoms with Crippen molar-refractivity contribution in [2.75, 3.05) is 0 Å². The van der Waals surface area contributed by atoms with Gasteiger partial charge in [0, 0.05) is 5.54 Å². The van der Waals surface area contributed by atoms with E-state index in [1.54, 1.807) is 6.07 Å². The minimum Gasteiger partial charge on any atom is -0.321 e. The van der Waals surface area contributed by atoms with Gasteiger partial charge in [-0.2, -0.15) is 0 Å². The summed E-state index contributed by atoms with van der Waals surface area (Å²) >= 11 is 11.9. The molecule has 0 saturated heterocycles. The van der Waals surface area contributed by atoms with Gasteiger partial charge in [-0.15, -0.1) is 0 Å². The number of rotatable bonds is 5. The van der Waals surface area contributed by atoms with E-state index in [-0.39, 0.29) is 5.54 Å². The Bertz CT molecular complexity index is 622. The monoisotopic (exact) mass is 319 g/mol. The van der Waals surface area contributed by atoms with Gasteiger partial charge in [-0.05, 0) is 36.1 Å². The SMILES string of the molecule is CCC(N)(CC=Cc1ccc(Cl)c(Cl)c1)c1ccccc1. The van der Waals surface area contributed by atoms with Gasteiger partial charge in [0.25, 0.3) is 0 Å². The van der Waals surface area contributed by atoms with Gasteiger partial charge in [0.05, 0.1) is 10.0 Å². The molecule has 0 heterocycles. The van der Waals surface area contributed by atoms with Gasteiger partial charge in [-0.1, -0.05) is 78.7 Å². The summed E-state index contributed by atoms with van der Waals surface area (Å²) < 4.78 is 0. The first-order chi connectivity index (χ1) is 10.0. The Balaban J connectivity index is 2.12. The number of halogens is 2. The van der Waals surface area contributed by atoms with E-state index in [0.29, 0.717) is 10.0 Å². The highest BCUT2D eigenvalue weighted by atomic mass is 35.5. The minimum absolute atomic E-state index is 0.339. The van der Waals surface area contributed by atoms with Crippen molar-refractivity contribution in [1.82, 2.24) is 0 Å². The van der Waals surface area contributed by atoms with Crippen LogP contribution in [-0.4, -0.2) is 0 Å². The van der Waals surface area contributed by atoms with Crippen molar-refractivity contribution in [3.05, 3.63) is 75.8 Å². The molecule has 0 saturated carbocycles. The third-order valence-corrected chi connectivity index (χ3v) is 4.45. The maximum absolute atomic E-state index is 6.54. The normalized spacial score (nSPS) is 14.3. The van der Waals surface area contributed by atoms with Crippen LogP contribution < -0.4 is 5.73 Å². The average molecular weight is 320 g/mol. The highest BCUT2D eigenvalue weighted by Crippen LogP contribution is 2.27. The van der Waals surface area contributed by atoms with Crippen molar-refractivity contribution < 1.29 is 0 Å². The fourth-order valence-corrected chi connectivity index (χ4v) is 2.56. The molecule has 0 aliphatic heterocycles. The zero-order valence-electron chi connectivity index (χ0n) is 12.0. The van der Waals surface area contributed by atoms with Crippen molar-refractivity contribution in [3.63, 3.8) is 0 Å². The highest BCUT2D eigenvalue weighted by molar-refractivity contribution is 6.42. The van der Waals surface area contributed by atoms with Crippen LogP contribution in [0.4, 0.5) is 0 Å². The summed E-state index contributed by atoms with van der Waals surface area (Å²) in [6.07, 6.45) is 5.77. The van der Waals surface area contributed by atoms with E-state index in [1.165, 1.54) is 0 Å². The first kappa shape index (κ1) is 16.1. The number of hydrogen-bond acceptors (Lipinski definition) is 1. The first-order valence-corrected chi connectivity index (χ1v) is 7.77. The number of benzene rings is 2. The summed E-state index contributed by atoms with van der Waals surface area (Å²) in [6, 6.07) is 15.8. The van der Waals surface area contributed by atoms with Crippen molar-refractivity contribution in [3.8, 4) is 0 Å². The zero-order chi connectivity index (χ0) is 15.3. The molecule has 0 spiro atoms. The zero-order valence-corrected chi connectivity index (χ0v) is 13.5. The Labute approximate surface area is 136 Å². The molecule has 110 valence electrons. The molecule has 0 aliphatic rings. The average Bonchev–Trinajstić information content (AvgIpc) is 2.51.